The Labute approximate surface area is 138 Å². The van der Waals surface area contributed by atoms with Gasteiger partial charge in [0.2, 0.25) is 5.91 Å². The number of carbonyl (C=O) groups excluding carboxylic acids is 1. The minimum atomic E-state index is 0.0591. The fourth-order valence-corrected chi connectivity index (χ4v) is 2.76. The molecule has 4 heteroatoms. The first-order valence-electron chi connectivity index (χ1n) is 8.28. The average Bonchev–Trinajstić information content (AvgIpc) is 2.90. The van der Waals surface area contributed by atoms with E-state index in [1.165, 1.54) is 11.1 Å². The molecule has 23 heavy (non-hydrogen) atoms. The van der Waals surface area contributed by atoms with Gasteiger partial charge in [-0.2, -0.15) is 5.10 Å². The lowest BCUT2D eigenvalue weighted by Crippen LogP contribution is -2.16. The molecule has 0 aliphatic carbocycles. The third-order valence-corrected chi connectivity index (χ3v) is 4.04. The van der Waals surface area contributed by atoms with Gasteiger partial charge in [0, 0.05) is 25.4 Å². The standard InChI is InChI=1S/C19H27N3O/c1-13(2)16-7-6-8-17(14(3)4)19(16)21-18(23)10-9-15-11-20-22(5)12-15/h6-8,11-14H,9-10H2,1-5H3,(H,21,23). The van der Waals surface area contributed by atoms with Crippen molar-refractivity contribution in [1.29, 1.82) is 0 Å². The summed E-state index contributed by atoms with van der Waals surface area (Å²) < 4.78 is 1.76. The molecule has 1 aromatic carbocycles. The molecule has 124 valence electrons. The van der Waals surface area contributed by atoms with Crippen molar-refractivity contribution in [3.63, 3.8) is 0 Å². The van der Waals surface area contributed by atoms with Crippen LogP contribution in [0, 0.1) is 0 Å². The highest BCUT2D eigenvalue weighted by molar-refractivity contribution is 5.92. The van der Waals surface area contributed by atoms with Crippen molar-refractivity contribution in [2.75, 3.05) is 5.32 Å². The molecule has 0 aliphatic rings. The zero-order valence-electron chi connectivity index (χ0n) is 14.8. The van der Waals surface area contributed by atoms with Crippen molar-refractivity contribution in [2.45, 2.75) is 52.4 Å². The molecule has 1 N–H and O–H groups in total. The SMILES string of the molecule is CC(C)c1cccc(C(C)C)c1NC(=O)CCc1cnn(C)c1. The molecular formula is C19H27N3O. The number of benzene rings is 1. The van der Waals surface area contributed by atoms with Crippen LogP contribution in [0.1, 0.15) is 62.6 Å². The van der Waals surface area contributed by atoms with E-state index in [-0.39, 0.29) is 5.91 Å². The summed E-state index contributed by atoms with van der Waals surface area (Å²) in [6, 6.07) is 6.29. The lowest BCUT2D eigenvalue weighted by Gasteiger charge is -2.20. The summed E-state index contributed by atoms with van der Waals surface area (Å²) in [5.41, 5.74) is 4.48. The van der Waals surface area contributed by atoms with Gasteiger partial charge in [0.25, 0.3) is 0 Å². The van der Waals surface area contributed by atoms with Crippen molar-refractivity contribution >= 4 is 11.6 Å². The molecule has 0 unspecified atom stereocenters. The Kier molecular flexibility index (Phi) is 5.59. The third-order valence-electron chi connectivity index (χ3n) is 4.04. The molecule has 1 aromatic heterocycles. The first-order chi connectivity index (χ1) is 10.9. The Morgan fingerprint density at radius 2 is 1.78 bits per heavy atom. The largest absolute Gasteiger partial charge is 0.326 e. The van der Waals surface area contributed by atoms with Crippen molar-refractivity contribution in [1.82, 2.24) is 9.78 Å². The fraction of sp³-hybridized carbons (Fsp3) is 0.474. The first kappa shape index (κ1) is 17.3. The molecule has 2 aromatic rings. The zero-order valence-corrected chi connectivity index (χ0v) is 14.8. The minimum Gasteiger partial charge on any atom is -0.326 e. The van der Waals surface area contributed by atoms with Gasteiger partial charge in [0.15, 0.2) is 0 Å². The van der Waals surface area contributed by atoms with Crippen LogP contribution in [-0.4, -0.2) is 15.7 Å². The van der Waals surface area contributed by atoms with Crippen LogP contribution < -0.4 is 5.32 Å². The van der Waals surface area contributed by atoms with Gasteiger partial charge in [0.1, 0.15) is 0 Å². The van der Waals surface area contributed by atoms with Crippen molar-refractivity contribution in [2.24, 2.45) is 7.05 Å². The van der Waals surface area contributed by atoms with E-state index in [2.05, 4.69) is 56.3 Å². The zero-order chi connectivity index (χ0) is 17.0. The quantitative estimate of drug-likeness (QED) is 0.867. The first-order valence-corrected chi connectivity index (χ1v) is 8.28. The molecule has 0 spiro atoms. The van der Waals surface area contributed by atoms with E-state index in [9.17, 15) is 4.79 Å². The van der Waals surface area contributed by atoms with Gasteiger partial charge < -0.3 is 5.32 Å². The second-order valence-electron chi connectivity index (χ2n) is 6.69. The summed E-state index contributed by atoms with van der Waals surface area (Å²) in [7, 11) is 1.89. The summed E-state index contributed by atoms with van der Waals surface area (Å²) >= 11 is 0. The Balaban J connectivity index is 2.12. The highest BCUT2D eigenvalue weighted by Crippen LogP contribution is 2.32. The number of anilines is 1. The predicted molar refractivity (Wildman–Crippen MR) is 94.8 cm³/mol. The molecule has 2 rings (SSSR count). The maximum atomic E-state index is 12.4. The van der Waals surface area contributed by atoms with Crippen LogP contribution in [-0.2, 0) is 18.3 Å². The molecule has 0 radical (unpaired) electrons. The molecule has 0 bridgehead atoms. The van der Waals surface area contributed by atoms with Crippen LogP contribution in [0.15, 0.2) is 30.6 Å². The molecule has 4 nitrogen and oxygen atoms in total. The Morgan fingerprint density at radius 3 is 2.26 bits per heavy atom. The van der Waals surface area contributed by atoms with Crippen LogP contribution in [0.2, 0.25) is 0 Å². The maximum absolute atomic E-state index is 12.4. The number of nitrogens with zero attached hydrogens (tertiary/aromatic N) is 2. The van der Waals surface area contributed by atoms with Gasteiger partial charge >= 0.3 is 0 Å². The molecular weight excluding hydrogens is 286 g/mol. The third kappa shape index (κ3) is 4.44. The van der Waals surface area contributed by atoms with Gasteiger partial charge in [-0.05, 0) is 34.9 Å². The monoisotopic (exact) mass is 313 g/mol. The molecule has 0 atom stereocenters. The number of aryl methyl sites for hydroxylation is 2. The summed E-state index contributed by atoms with van der Waals surface area (Å²) in [5, 5.41) is 7.29. The van der Waals surface area contributed by atoms with Crippen LogP contribution >= 0.6 is 0 Å². The number of amides is 1. The number of nitrogens with one attached hydrogen (secondary N) is 1. The maximum Gasteiger partial charge on any atom is 0.224 e. The van der Waals surface area contributed by atoms with E-state index in [0.717, 1.165) is 11.3 Å². The van der Waals surface area contributed by atoms with Crippen molar-refractivity contribution < 1.29 is 4.79 Å². The number of hydrogen-bond donors (Lipinski definition) is 1. The molecule has 0 saturated heterocycles. The van der Waals surface area contributed by atoms with E-state index < -0.39 is 0 Å². The Bertz CT molecular complexity index is 645. The second-order valence-corrected chi connectivity index (χ2v) is 6.69. The van der Waals surface area contributed by atoms with E-state index >= 15 is 0 Å². The van der Waals surface area contributed by atoms with E-state index in [0.29, 0.717) is 24.7 Å². The number of carbonyl (C=O) groups is 1. The van der Waals surface area contributed by atoms with Crippen LogP contribution in [0.5, 0.6) is 0 Å². The van der Waals surface area contributed by atoms with Gasteiger partial charge in [0.05, 0.1) is 6.20 Å². The Morgan fingerprint density at radius 1 is 1.17 bits per heavy atom. The van der Waals surface area contributed by atoms with Gasteiger partial charge in [-0.1, -0.05) is 45.9 Å². The highest BCUT2D eigenvalue weighted by Gasteiger charge is 2.15. The highest BCUT2D eigenvalue weighted by atomic mass is 16.1. The topological polar surface area (TPSA) is 46.9 Å². The summed E-state index contributed by atoms with van der Waals surface area (Å²) in [5.74, 6) is 0.813. The molecule has 1 amide bonds. The molecule has 0 aliphatic heterocycles. The van der Waals surface area contributed by atoms with E-state index in [4.69, 9.17) is 0 Å². The number of hydrogen-bond acceptors (Lipinski definition) is 2. The molecule has 0 saturated carbocycles. The number of para-hydroxylation sites is 1. The minimum absolute atomic E-state index is 0.0591. The van der Waals surface area contributed by atoms with Crippen LogP contribution in [0.4, 0.5) is 5.69 Å². The average molecular weight is 313 g/mol. The lowest BCUT2D eigenvalue weighted by molar-refractivity contribution is -0.116. The van der Waals surface area contributed by atoms with Gasteiger partial charge in [-0.3, -0.25) is 9.48 Å². The van der Waals surface area contributed by atoms with E-state index in [1.54, 1.807) is 4.68 Å². The normalized spacial score (nSPS) is 11.3. The van der Waals surface area contributed by atoms with Crippen molar-refractivity contribution in [3.05, 3.63) is 47.3 Å². The van der Waals surface area contributed by atoms with Gasteiger partial charge in [-0.15, -0.1) is 0 Å². The Hall–Kier alpha value is -2.10. The van der Waals surface area contributed by atoms with Crippen LogP contribution in [0.25, 0.3) is 0 Å². The molecule has 1 heterocycles. The molecule has 0 fully saturated rings. The van der Waals surface area contributed by atoms with Crippen molar-refractivity contribution in [3.8, 4) is 0 Å². The summed E-state index contributed by atoms with van der Waals surface area (Å²) in [4.78, 5) is 12.4. The smallest absolute Gasteiger partial charge is 0.224 e. The summed E-state index contributed by atoms with van der Waals surface area (Å²) in [6.45, 7) is 8.63. The lowest BCUT2D eigenvalue weighted by atomic mass is 9.92. The summed E-state index contributed by atoms with van der Waals surface area (Å²) in [6.07, 6.45) is 4.94. The second kappa shape index (κ2) is 7.44. The number of rotatable bonds is 6. The van der Waals surface area contributed by atoms with Crippen LogP contribution in [0.3, 0.4) is 0 Å². The fourth-order valence-electron chi connectivity index (χ4n) is 2.76. The number of aromatic nitrogens is 2. The van der Waals surface area contributed by atoms with E-state index in [1.807, 2.05) is 19.4 Å². The van der Waals surface area contributed by atoms with Gasteiger partial charge in [-0.25, -0.2) is 0 Å². The predicted octanol–water partition coefficient (Wildman–Crippen LogP) is 4.24.